The van der Waals surface area contributed by atoms with Crippen LogP contribution in [0.4, 0.5) is 23.0 Å². The zero-order valence-corrected chi connectivity index (χ0v) is 21.7. The first-order valence-corrected chi connectivity index (χ1v) is 14.3. The van der Waals surface area contributed by atoms with E-state index in [1.165, 1.54) is 24.9 Å². The van der Waals surface area contributed by atoms with Gasteiger partial charge in [0.2, 0.25) is 5.91 Å². The van der Waals surface area contributed by atoms with E-state index in [9.17, 15) is 13.8 Å². The summed E-state index contributed by atoms with van der Waals surface area (Å²) < 4.78 is 21.8. The number of pyridine rings is 1. The van der Waals surface area contributed by atoms with Crippen LogP contribution in [0.25, 0.3) is 11.3 Å². The number of methoxy groups -OCH3 is 1. The number of ether oxygens (including phenoxy) is 1. The SMILES string of the molecule is COc1c(Nc2cc(NC(=O)C3CC3)ncc2C(=O)C2CC2)cccc1-c1cnc(N=S(C)(C)=O)cn1. The summed E-state index contributed by atoms with van der Waals surface area (Å²) in [6, 6.07) is 7.20. The van der Waals surface area contributed by atoms with Crippen LogP contribution in [0.5, 0.6) is 5.75 Å². The van der Waals surface area contributed by atoms with Crippen molar-refractivity contribution in [1.29, 1.82) is 0 Å². The maximum Gasteiger partial charge on any atom is 0.228 e. The molecule has 0 unspecified atom stereocenters. The summed E-state index contributed by atoms with van der Waals surface area (Å²) in [5, 5.41) is 6.17. The van der Waals surface area contributed by atoms with Crippen molar-refractivity contribution in [2.24, 2.45) is 16.2 Å². The molecule has 10 nitrogen and oxygen atoms in total. The number of para-hydroxylation sites is 1. The van der Waals surface area contributed by atoms with Crippen LogP contribution < -0.4 is 15.4 Å². The number of carbonyl (C=O) groups is 2. The van der Waals surface area contributed by atoms with Crippen molar-refractivity contribution >= 4 is 44.4 Å². The first kappa shape index (κ1) is 24.8. The van der Waals surface area contributed by atoms with Gasteiger partial charge in [0.25, 0.3) is 0 Å². The molecule has 0 atom stereocenters. The fourth-order valence-electron chi connectivity index (χ4n) is 3.90. The molecular weight excluding hydrogens is 492 g/mol. The third-order valence-electron chi connectivity index (χ3n) is 6.03. The second-order valence-electron chi connectivity index (χ2n) is 9.56. The van der Waals surface area contributed by atoms with Crippen LogP contribution in [0.15, 0.2) is 47.2 Å². The topological polar surface area (TPSA) is 136 Å². The Hall–Kier alpha value is -3.86. The van der Waals surface area contributed by atoms with Crippen LogP contribution in [-0.4, -0.2) is 50.5 Å². The molecule has 2 N–H and O–H groups in total. The maximum atomic E-state index is 13.0. The molecule has 1 amide bonds. The first-order chi connectivity index (χ1) is 17.7. The molecule has 2 aliphatic carbocycles. The number of nitrogens with zero attached hydrogens (tertiary/aromatic N) is 4. The second kappa shape index (κ2) is 9.89. The highest BCUT2D eigenvalue weighted by Gasteiger charge is 2.33. The van der Waals surface area contributed by atoms with Crippen molar-refractivity contribution in [3.8, 4) is 17.0 Å². The van der Waals surface area contributed by atoms with Crippen LogP contribution in [0, 0.1) is 11.8 Å². The van der Waals surface area contributed by atoms with Gasteiger partial charge in [-0.3, -0.25) is 14.6 Å². The Morgan fingerprint density at radius 2 is 1.76 bits per heavy atom. The number of aromatic nitrogens is 3. The Morgan fingerprint density at radius 1 is 1.00 bits per heavy atom. The number of Topliss-reactive ketones (excluding diaryl/α,β-unsaturated/α-hetero) is 1. The lowest BCUT2D eigenvalue weighted by atomic mass is 10.1. The molecule has 192 valence electrons. The van der Waals surface area contributed by atoms with Gasteiger partial charge in [-0.1, -0.05) is 6.07 Å². The minimum absolute atomic E-state index is 0.00243. The molecule has 0 bridgehead atoms. The summed E-state index contributed by atoms with van der Waals surface area (Å²) in [4.78, 5) is 38.3. The van der Waals surface area contributed by atoms with Gasteiger partial charge >= 0.3 is 0 Å². The molecular formula is C26H28N6O4S. The van der Waals surface area contributed by atoms with Crippen molar-refractivity contribution in [3.63, 3.8) is 0 Å². The van der Waals surface area contributed by atoms with Gasteiger partial charge in [-0.15, -0.1) is 0 Å². The monoisotopic (exact) mass is 520 g/mol. The maximum absolute atomic E-state index is 13.0. The van der Waals surface area contributed by atoms with Gasteiger partial charge in [0.05, 0.1) is 42.1 Å². The molecule has 5 rings (SSSR count). The lowest BCUT2D eigenvalue weighted by Crippen LogP contribution is -2.15. The van der Waals surface area contributed by atoms with Crippen LogP contribution in [0.3, 0.4) is 0 Å². The van der Waals surface area contributed by atoms with Crippen molar-refractivity contribution in [1.82, 2.24) is 15.0 Å². The number of carbonyl (C=O) groups excluding carboxylic acids is 2. The molecule has 1 aromatic carbocycles. The molecule has 2 saturated carbocycles. The first-order valence-electron chi connectivity index (χ1n) is 12.0. The number of anilines is 3. The van der Waals surface area contributed by atoms with Crippen molar-refractivity contribution in [2.75, 3.05) is 30.3 Å². The summed E-state index contributed by atoms with van der Waals surface area (Å²) in [6.07, 6.45) is 11.1. The second-order valence-corrected chi connectivity index (χ2v) is 12.1. The molecule has 2 aromatic heterocycles. The van der Waals surface area contributed by atoms with E-state index >= 15 is 0 Å². The highest BCUT2D eigenvalue weighted by Crippen LogP contribution is 2.40. The number of ketones is 1. The highest BCUT2D eigenvalue weighted by molar-refractivity contribution is 7.92. The summed E-state index contributed by atoms with van der Waals surface area (Å²) in [5.41, 5.74) is 2.82. The van der Waals surface area contributed by atoms with E-state index in [4.69, 9.17) is 4.74 Å². The van der Waals surface area contributed by atoms with Crippen molar-refractivity contribution in [3.05, 3.63) is 48.4 Å². The van der Waals surface area contributed by atoms with E-state index in [-0.39, 0.29) is 29.3 Å². The molecule has 2 aliphatic rings. The molecule has 3 aromatic rings. The largest absolute Gasteiger partial charge is 0.494 e. The van der Waals surface area contributed by atoms with Crippen LogP contribution >= 0.6 is 0 Å². The normalized spacial score (nSPS) is 15.1. The van der Waals surface area contributed by atoms with Gasteiger partial charge in [-0.05, 0) is 37.8 Å². The van der Waals surface area contributed by atoms with E-state index < -0.39 is 9.73 Å². The number of rotatable bonds is 9. The van der Waals surface area contributed by atoms with E-state index in [0.717, 1.165) is 25.7 Å². The lowest BCUT2D eigenvalue weighted by Gasteiger charge is -2.17. The van der Waals surface area contributed by atoms with E-state index in [1.807, 2.05) is 18.2 Å². The predicted octanol–water partition coefficient (Wildman–Crippen LogP) is 4.59. The molecule has 37 heavy (non-hydrogen) atoms. The Balaban J connectivity index is 1.49. The van der Waals surface area contributed by atoms with E-state index in [0.29, 0.717) is 39.8 Å². The number of hydrogen-bond acceptors (Lipinski definition) is 9. The molecule has 2 fully saturated rings. The third kappa shape index (κ3) is 5.93. The van der Waals surface area contributed by atoms with Crippen LogP contribution in [-0.2, 0) is 14.5 Å². The molecule has 11 heteroatoms. The van der Waals surface area contributed by atoms with Gasteiger partial charge in [-0.25, -0.2) is 14.2 Å². The number of amides is 1. The van der Waals surface area contributed by atoms with Crippen molar-refractivity contribution < 1.29 is 18.5 Å². The lowest BCUT2D eigenvalue weighted by molar-refractivity contribution is -0.117. The average Bonchev–Trinajstić information content (AvgIpc) is 3.76. The fourth-order valence-corrected chi connectivity index (χ4v) is 4.44. The van der Waals surface area contributed by atoms with E-state index in [2.05, 4.69) is 29.9 Å². The standard InChI is InChI=1S/C26H28N6O4S/c1-36-25-17(21-13-29-23(14-27-21)32-37(2,3)35)5-4-6-19(25)30-20-11-22(31-26(34)16-9-10-16)28-12-18(20)24(33)15-7-8-15/h4-6,11-16H,7-10H2,1-3H3,(H2,28,30,31,34). The van der Waals surface area contributed by atoms with Gasteiger partial charge < -0.3 is 15.4 Å². The third-order valence-corrected chi connectivity index (χ3v) is 6.66. The minimum Gasteiger partial charge on any atom is -0.494 e. The number of hydrogen-bond donors (Lipinski definition) is 2. The Labute approximate surface area is 215 Å². The van der Waals surface area contributed by atoms with Gasteiger partial charge in [0.1, 0.15) is 5.82 Å². The zero-order valence-electron chi connectivity index (χ0n) is 20.9. The molecule has 0 saturated heterocycles. The van der Waals surface area contributed by atoms with Gasteiger partial charge in [-0.2, -0.15) is 4.36 Å². The number of nitrogens with one attached hydrogen (secondary N) is 2. The Bertz CT molecular complexity index is 1480. The predicted molar refractivity (Wildman–Crippen MR) is 142 cm³/mol. The fraction of sp³-hybridized carbons (Fsp3) is 0.346. The van der Waals surface area contributed by atoms with Crippen LogP contribution in [0.1, 0.15) is 36.0 Å². The summed E-state index contributed by atoms with van der Waals surface area (Å²) in [7, 11) is -0.805. The summed E-state index contributed by atoms with van der Waals surface area (Å²) in [5.74, 6) is 1.17. The van der Waals surface area contributed by atoms with Crippen molar-refractivity contribution in [2.45, 2.75) is 25.7 Å². The minimum atomic E-state index is -2.36. The molecule has 0 spiro atoms. The average molecular weight is 521 g/mol. The van der Waals surface area contributed by atoms with E-state index in [1.54, 1.807) is 19.4 Å². The molecule has 2 heterocycles. The Kier molecular flexibility index (Phi) is 6.63. The smallest absolute Gasteiger partial charge is 0.228 e. The number of benzene rings is 1. The quantitative estimate of drug-likeness (QED) is 0.391. The Morgan fingerprint density at radius 3 is 2.38 bits per heavy atom. The van der Waals surface area contributed by atoms with Crippen LogP contribution in [0.2, 0.25) is 0 Å². The molecule has 0 aliphatic heterocycles. The van der Waals surface area contributed by atoms with Gasteiger partial charge in [0.15, 0.2) is 17.4 Å². The molecule has 0 radical (unpaired) electrons. The summed E-state index contributed by atoms with van der Waals surface area (Å²) in [6.45, 7) is 0. The van der Waals surface area contributed by atoms with Gasteiger partial charge in [0, 0.05) is 51.9 Å². The highest BCUT2D eigenvalue weighted by atomic mass is 32.2. The zero-order chi connectivity index (χ0) is 26.2. The summed E-state index contributed by atoms with van der Waals surface area (Å²) >= 11 is 0.